The van der Waals surface area contributed by atoms with Crippen molar-refractivity contribution in [2.45, 2.75) is 44.2 Å². The van der Waals surface area contributed by atoms with Crippen LogP contribution >= 0.6 is 11.6 Å². The summed E-state index contributed by atoms with van der Waals surface area (Å²) >= 11 is 5.92. The third-order valence-corrected chi connectivity index (χ3v) is 4.96. The number of nitrogens with one attached hydrogen (secondary N) is 1. The Kier molecular flexibility index (Phi) is 8.14. The molecule has 0 fully saturated rings. The molecule has 142 valence electrons. The van der Waals surface area contributed by atoms with E-state index in [1.807, 2.05) is 13.8 Å². The van der Waals surface area contributed by atoms with Crippen LogP contribution in [0.4, 0.5) is 0 Å². The van der Waals surface area contributed by atoms with Gasteiger partial charge >= 0.3 is 5.97 Å². The molecular formula is C16H24ClNO6S. The molecule has 0 aliphatic heterocycles. The van der Waals surface area contributed by atoms with Gasteiger partial charge in [-0.3, -0.25) is 4.79 Å². The highest BCUT2D eigenvalue weighted by Gasteiger charge is 2.29. The molecule has 1 aromatic rings. The van der Waals surface area contributed by atoms with Crippen molar-refractivity contribution in [2.24, 2.45) is 5.92 Å². The Morgan fingerprint density at radius 3 is 2.48 bits per heavy atom. The van der Waals surface area contributed by atoms with Crippen LogP contribution in [0.5, 0.6) is 5.75 Å². The van der Waals surface area contributed by atoms with E-state index >= 15 is 0 Å². The van der Waals surface area contributed by atoms with Gasteiger partial charge in [-0.25, -0.2) is 8.42 Å². The molecule has 0 bridgehead atoms. The number of methoxy groups -OCH3 is 1. The summed E-state index contributed by atoms with van der Waals surface area (Å²) in [6.45, 7) is 5.61. The fourth-order valence-corrected chi connectivity index (χ4v) is 3.79. The average molecular weight is 394 g/mol. The van der Waals surface area contributed by atoms with E-state index < -0.39 is 28.1 Å². The van der Waals surface area contributed by atoms with E-state index in [1.165, 1.54) is 25.3 Å². The maximum Gasteiger partial charge on any atom is 0.321 e. The maximum atomic E-state index is 12.7. The maximum absolute atomic E-state index is 12.7. The van der Waals surface area contributed by atoms with Gasteiger partial charge in [-0.05, 0) is 37.5 Å². The van der Waals surface area contributed by atoms with E-state index in [0.717, 1.165) is 0 Å². The predicted octanol–water partition coefficient (Wildman–Crippen LogP) is 2.53. The van der Waals surface area contributed by atoms with Crippen LogP contribution in [0.3, 0.4) is 0 Å². The molecule has 9 heteroatoms. The molecular weight excluding hydrogens is 370 g/mol. The number of aliphatic carboxylic acids is 1. The van der Waals surface area contributed by atoms with Crippen LogP contribution < -0.4 is 9.46 Å². The molecule has 1 unspecified atom stereocenters. The molecule has 2 N–H and O–H groups in total. The van der Waals surface area contributed by atoms with Crippen LogP contribution in [-0.2, 0) is 19.6 Å². The summed E-state index contributed by atoms with van der Waals surface area (Å²) in [6, 6.07) is 2.92. The predicted molar refractivity (Wildman–Crippen MR) is 94.6 cm³/mol. The fourth-order valence-electron chi connectivity index (χ4n) is 2.20. The zero-order valence-electron chi connectivity index (χ0n) is 14.7. The quantitative estimate of drug-likeness (QED) is 0.633. The second-order valence-corrected chi connectivity index (χ2v) is 8.24. The van der Waals surface area contributed by atoms with Gasteiger partial charge in [0, 0.05) is 12.1 Å². The molecule has 0 aromatic heterocycles. The summed E-state index contributed by atoms with van der Waals surface area (Å²) in [4.78, 5) is 11.1. The van der Waals surface area contributed by atoms with Crippen LogP contribution in [0.15, 0.2) is 23.1 Å². The molecule has 25 heavy (non-hydrogen) atoms. The Hall–Kier alpha value is -1.35. The van der Waals surface area contributed by atoms with Crippen molar-refractivity contribution in [3.05, 3.63) is 23.2 Å². The lowest BCUT2D eigenvalue weighted by atomic mass is 10.1. The molecule has 0 heterocycles. The first-order valence-corrected chi connectivity index (χ1v) is 9.63. The molecule has 0 saturated carbocycles. The lowest BCUT2D eigenvalue weighted by Gasteiger charge is -2.20. The zero-order chi connectivity index (χ0) is 19.2. The van der Waals surface area contributed by atoms with Crippen molar-refractivity contribution in [2.75, 3.05) is 13.7 Å². The van der Waals surface area contributed by atoms with Gasteiger partial charge in [0.05, 0.1) is 6.61 Å². The van der Waals surface area contributed by atoms with Crippen LogP contribution in [0, 0.1) is 5.92 Å². The van der Waals surface area contributed by atoms with Crippen LogP contribution in [0.2, 0.25) is 5.02 Å². The number of benzene rings is 1. The Morgan fingerprint density at radius 2 is 1.96 bits per heavy atom. The number of sulfonamides is 1. The van der Waals surface area contributed by atoms with E-state index in [1.54, 1.807) is 6.92 Å². The number of carboxylic acids is 1. The highest BCUT2D eigenvalue weighted by atomic mass is 35.5. The minimum Gasteiger partial charge on any atom is -0.487 e. The normalized spacial score (nSPS) is 14.3. The Balaban J connectivity index is 3.18. The van der Waals surface area contributed by atoms with E-state index in [4.69, 9.17) is 21.1 Å². The number of carbonyl (C=O) groups is 1. The Morgan fingerprint density at radius 1 is 1.32 bits per heavy atom. The number of halogens is 1. The first-order chi connectivity index (χ1) is 11.6. The standard InChI is InChI=1S/C16H24ClNO6S/c1-10(2)7-13(16(19)20)18-25(21,22)15-8-12(17)5-6-14(15)24-11(3)9-23-4/h5-6,8,10-11,13,18H,7,9H2,1-4H3,(H,19,20)/t11?,13-/m1/s1. The first-order valence-electron chi connectivity index (χ1n) is 7.77. The summed E-state index contributed by atoms with van der Waals surface area (Å²) in [7, 11) is -2.64. The highest BCUT2D eigenvalue weighted by molar-refractivity contribution is 7.89. The van der Waals surface area contributed by atoms with E-state index in [-0.39, 0.29) is 34.6 Å². The second-order valence-electron chi connectivity index (χ2n) is 6.12. The Bertz CT molecular complexity index is 692. The number of hydrogen-bond donors (Lipinski definition) is 2. The van der Waals surface area contributed by atoms with Crippen molar-refractivity contribution in [3.63, 3.8) is 0 Å². The van der Waals surface area contributed by atoms with Crippen molar-refractivity contribution in [1.82, 2.24) is 4.72 Å². The second kappa shape index (κ2) is 9.38. The molecule has 7 nitrogen and oxygen atoms in total. The minimum absolute atomic E-state index is 0.000562. The number of rotatable bonds is 10. The lowest BCUT2D eigenvalue weighted by molar-refractivity contribution is -0.139. The highest BCUT2D eigenvalue weighted by Crippen LogP contribution is 2.28. The van der Waals surface area contributed by atoms with Gasteiger partial charge < -0.3 is 14.6 Å². The fraction of sp³-hybridized carbons (Fsp3) is 0.562. The molecule has 1 rings (SSSR count). The number of carboxylic acid groups (broad SMARTS) is 1. The van der Waals surface area contributed by atoms with Gasteiger partial charge in [-0.2, -0.15) is 4.72 Å². The molecule has 0 aliphatic carbocycles. The van der Waals surface area contributed by atoms with Gasteiger partial charge in [-0.15, -0.1) is 0 Å². The SMILES string of the molecule is COCC(C)Oc1ccc(Cl)cc1S(=O)(=O)N[C@H](CC(C)C)C(=O)O. The van der Waals surface area contributed by atoms with Crippen molar-refractivity contribution >= 4 is 27.6 Å². The van der Waals surface area contributed by atoms with Gasteiger partial charge in [0.25, 0.3) is 0 Å². The van der Waals surface area contributed by atoms with Crippen LogP contribution in [-0.4, -0.2) is 45.4 Å². The van der Waals surface area contributed by atoms with Crippen molar-refractivity contribution < 1.29 is 27.8 Å². The molecule has 0 spiro atoms. The molecule has 0 aliphatic rings. The smallest absolute Gasteiger partial charge is 0.321 e. The largest absolute Gasteiger partial charge is 0.487 e. The summed E-state index contributed by atoms with van der Waals surface area (Å²) in [5.74, 6) is -1.16. The summed E-state index contributed by atoms with van der Waals surface area (Å²) in [5.41, 5.74) is 0. The third kappa shape index (κ3) is 6.81. The molecule has 0 radical (unpaired) electrons. The topological polar surface area (TPSA) is 102 Å². The van der Waals surface area contributed by atoms with E-state index in [0.29, 0.717) is 0 Å². The summed E-state index contributed by atoms with van der Waals surface area (Å²) in [6.07, 6.45) is -0.239. The van der Waals surface area contributed by atoms with Crippen molar-refractivity contribution in [1.29, 1.82) is 0 Å². The summed E-state index contributed by atoms with van der Waals surface area (Å²) in [5, 5.41) is 9.47. The van der Waals surface area contributed by atoms with Crippen LogP contribution in [0.1, 0.15) is 27.2 Å². The molecule has 0 amide bonds. The number of hydrogen-bond acceptors (Lipinski definition) is 5. The van der Waals surface area contributed by atoms with E-state index in [2.05, 4.69) is 4.72 Å². The van der Waals surface area contributed by atoms with Crippen LogP contribution in [0.25, 0.3) is 0 Å². The molecule has 2 atom stereocenters. The van der Waals surface area contributed by atoms with Crippen molar-refractivity contribution in [3.8, 4) is 5.75 Å². The minimum atomic E-state index is -4.14. The van der Waals surface area contributed by atoms with Gasteiger partial charge in [-0.1, -0.05) is 25.4 Å². The van der Waals surface area contributed by atoms with E-state index in [9.17, 15) is 18.3 Å². The van der Waals surface area contributed by atoms with Gasteiger partial charge in [0.15, 0.2) is 0 Å². The Labute approximate surface area is 153 Å². The molecule has 0 saturated heterocycles. The lowest BCUT2D eigenvalue weighted by Crippen LogP contribution is -2.41. The third-order valence-electron chi connectivity index (χ3n) is 3.23. The average Bonchev–Trinajstić information content (AvgIpc) is 2.47. The monoisotopic (exact) mass is 393 g/mol. The summed E-state index contributed by atoms with van der Waals surface area (Å²) < 4.78 is 38.2. The first kappa shape index (κ1) is 21.7. The number of ether oxygens (including phenoxy) is 2. The zero-order valence-corrected chi connectivity index (χ0v) is 16.2. The van der Waals surface area contributed by atoms with Gasteiger partial charge in [0.2, 0.25) is 10.0 Å². The molecule has 1 aromatic carbocycles. The van der Waals surface area contributed by atoms with Gasteiger partial charge in [0.1, 0.15) is 22.8 Å².